The van der Waals surface area contributed by atoms with E-state index in [0.29, 0.717) is 19.7 Å². The predicted molar refractivity (Wildman–Crippen MR) is 70.1 cm³/mol. The molecule has 0 unspecified atom stereocenters. The Morgan fingerprint density at radius 1 is 1.53 bits per heavy atom. The van der Waals surface area contributed by atoms with Crippen LogP contribution in [0.25, 0.3) is 0 Å². The molecule has 2 N–H and O–H groups in total. The van der Waals surface area contributed by atoms with Gasteiger partial charge in [-0.1, -0.05) is 12.1 Å². The lowest BCUT2D eigenvalue weighted by Crippen LogP contribution is -2.30. The highest BCUT2D eigenvalue weighted by Crippen LogP contribution is 2.32. The Labute approximate surface area is 112 Å². The summed E-state index contributed by atoms with van der Waals surface area (Å²) in [4.78, 5) is 13.7. The Hall–Kier alpha value is -1.46. The molecule has 0 bridgehead atoms. The molecule has 2 atom stereocenters. The third-order valence-electron chi connectivity index (χ3n) is 3.65. The highest BCUT2D eigenvalue weighted by molar-refractivity contribution is 5.78. The number of amides is 1. The van der Waals surface area contributed by atoms with Crippen LogP contribution in [-0.2, 0) is 9.53 Å². The molecule has 0 aliphatic carbocycles. The van der Waals surface area contributed by atoms with Crippen molar-refractivity contribution < 1.29 is 13.9 Å². The van der Waals surface area contributed by atoms with Crippen LogP contribution in [0.1, 0.15) is 11.5 Å². The number of nitrogens with two attached hydrogens (primary N) is 1. The minimum absolute atomic E-state index is 0.0370. The lowest BCUT2D eigenvalue weighted by molar-refractivity contribution is -0.121. The number of nitrogens with zero attached hydrogens (tertiary/aromatic N) is 1. The van der Waals surface area contributed by atoms with Gasteiger partial charge in [0.2, 0.25) is 5.91 Å². The third-order valence-corrected chi connectivity index (χ3v) is 3.65. The maximum Gasteiger partial charge on any atom is 0.222 e. The van der Waals surface area contributed by atoms with Crippen LogP contribution < -0.4 is 5.73 Å². The van der Waals surface area contributed by atoms with Gasteiger partial charge in [0.1, 0.15) is 5.82 Å². The number of benzene rings is 1. The summed E-state index contributed by atoms with van der Waals surface area (Å²) in [5.74, 6) is -0.908. The summed E-state index contributed by atoms with van der Waals surface area (Å²) in [5, 5.41) is 0. The van der Waals surface area contributed by atoms with E-state index < -0.39 is 0 Å². The number of halogens is 1. The first-order chi connectivity index (χ1) is 9.11. The number of carbonyl (C=O) groups is 1. The second-order valence-electron chi connectivity index (χ2n) is 4.92. The van der Waals surface area contributed by atoms with Gasteiger partial charge in [0.15, 0.2) is 0 Å². The molecule has 1 aromatic carbocycles. The van der Waals surface area contributed by atoms with Gasteiger partial charge in [-0.15, -0.1) is 0 Å². The Kier molecular flexibility index (Phi) is 4.50. The molecule has 0 saturated carbocycles. The number of rotatable bonds is 5. The Morgan fingerprint density at radius 3 is 2.95 bits per heavy atom. The highest BCUT2D eigenvalue weighted by atomic mass is 19.1. The number of likely N-dealkylation sites (tertiary alicyclic amines) is 1. The van der Waals surface area contributed by atoms with Crippen molar-refractivity contribution in [3.8, 4) is 0 Å². The van der Waals surface area contributed by atoms with Crippen LogP contribution in [0.2, 0.25) is 0 Å². The first-order valence-corrected chi connectivity index (χ1v) is 6.38. The number of carbonyl (C=O) groups excluding carboxylic acids is 1. The van der Waals surface area contributed by atoms with Crippen molar-refractivity contribution in [1.82, 2.24) is 4.90 Å². The van der Waals surface area contributed by atoms with E-state index in [0.717, 1.165) is 12.1 Å². The fraction of sp³-hybridized carbons (Fsp3) is 0.500. The number of hydrogen-bond acceptors (Lipinski definition) is 3. The molecule has 1 fully saturated rings. The van der Waals surface area contributed by atoms with E-state index in [1.165, 1.54) is 12.1 Å². The molecule has 1 heterocycles. The van der Waals surface area contributed by atoms with E-state index in [9.17, 15) is 9.18 Å². The summed E-state index contributed by atoms with van der Waals surface area (Å²) in [5.41, 5.74) is 6.30. The zero-order valence-electron chi connectivity index (χ0n) is 11.0. The van der Waals surface area contributed by atoms with Crippen LogP contribution in [0.5, 0.6) is 0 Å². The molecule has 1 aromatic rings. The quantitative estimate of drug-likeness (QED) is 0.864. The third kappa shape index (κ3) is 3.30. The number of ether oxygens (including phenoxy) is 1. The van der Waals surface area contributed by atoms with E-state index >= 15 is 0 Å². The van der Waals surface area contributed by atoms with Crippen molar-refractivity contribution in [2.75, 3.05) is 33.4 Å². The molecule has 1 aliphatic rings. The fourth-order valence-electron chi connectivity index (χ4n) is 2.65. The van der Waals surface area contributed by atoms with Gasteiger partial charge < -0.3 is 10.5 Å². The Bertz CT molecular complexity index is 453. The van der Waals surface area contributed by atoms with Crippen molar-refractivity contribution in [1.29, 1.82) is 0 Å². The van der Waals surface area contributed by atoms with E-state index in [1.807, 2.05) is 6.07 Å². The normalized spacial score (nSPS) is 23.7. The molecule has 1 saturated heterocycles. The SMILES string of the molecule is COCCN1C[C@H](C(N)=O)[C@@H](c2cccc(F)c2)C1. The zero-order chi connectivity index (χ0) is 13.8. The molecule has 2 rings (SSSR count). The van der Waals surface area contributed by atoms with Crippen LogP contribution in [0.15, 0.2) is 24.3 Å². The summed E-state index contributed by atoms with van der Waals surface area (Å²) in [6, 6.07) is 6.41. The molecule has 5 heteroatoms. The second kappa shape index (κ2) is 6.12. The summed E-state index contributed by atoms with van der Waals surface area (Å²) in [7, 11) is 1.64. The van der Waals surface area contributed by atoms with Gasteiger partial charge >= 0.3 is 0 Å². The maximum absolute atomic E-state index is 13.3. The molecule has 1 aliphatic heterocycles. The summed E-state index contributed by atoms with van der Waals surface area (Å²) in [6.45, 7) is 2.69. The van der Waals surface area contributed by atoms with Gasteiger partial charge in [0.25, 0.3) is 0 Å². The minimum atomic E-state index is -0.325. The smallest absolute Gasteiger partial charge is 0.222 e. The second-order valence-corrected chi connectivity index (χ2v) is 4.92. The molecule has 1 amide bonds. The number of primary amides is 1. The maximum atomic E-state index is 13.3. The largest absolute Gasteiger partial charge is 0.383 e. The van der Waals surface area contributed by atoms with Gasteiger partial charge in [0, 0.05) is 32.7 Å². The molecular weight excluding hydrogens is 247 g/mol. The Balaban J connectivity index is 2.15. The van der Waals surface area contributed by atoms with Crippen molar-refractivity contribution in [2.24, 2.45) is 11.7 Å². The number of methoxy groups -OCH3 is 1. The predicted octanol–water partition coefficient (Wildman–Crippen LogP) is 0.973. The minimum Gasteiger partial charge on any atom is -0.383 e. The topological polar surface area (TPSA) is 55.6 Å². The lowest BCUT2D eigenvalue weighted by Gasteiger charge is -2.16. The molecule has 4 nitrogen and oxygen atoms in total. The van der Waals surface area contributed by atoms with E-state index in [-0.39, 0.29) is 23.6 Å². The number of hydrogen-bond donors (Lipinski definition) is 1. The molecule has 0 aromatic heterocycles. The van der Waals surface area contributed by atoms with Gasteiger partial charge in [-0.2, -0.15) is 0 Å². The van der Waals surface area contributed by atoms with Crippen molar-refractivity contribution in [2.45, 2.75) is 5.92 Å². The van der Waals surface area contributed by atoms with Gasteiger partial charge in [0.05, 0.1) is 12.5 Å². The standard InChI is InChI=1S/C14H19FN2O2/c1-19-6-5-17-8-12(13(9-17)14(16)18)10-3-2-4-11(15)7-10/h2-4,7,12-13H,5-6,8-9H2,1H3,(H2,16,18)/t12-,13+/m1/s1. The van der Waals surface area contributed by atoms with Gasteiger partial charge in [-0.25, -0.2) is 4.39 Å². The van der Waals surface area contributed by atoms with Gasteiger partial charge in [-0.3, -0.25) is 9.69 Å². The molecule has 104 valence electrons. The van der Waals surface area contributed by atoms with Crippen LogP contribution >= 0.6 is 0 Å². The lowest BCUT2D eigenvalue weighted by atomic mass is 9.88. The van der Waals surface area contributed by atoms with Crippen LogP contribution in [0, 0.1) is 11.7 Å². The first kappa shape index (κ1) is 14.0. The van der Waals surface area contributed by atoms with Crippen LogP contribution in [-0.4, -0.2) is 44.2 Å². The van der Waals surface area contributed by atoms with Crippen LogP contribution in [0.3, 0.4) is 0 Å². The molecular formula is C14H19FN2O2. The first-order valence-electron chi connectivity index (χ1n) is 6.38. The summed E-state index contributed by atoms with van der Waals surface area (Å²) >= 11 is 0. The van der Waals surface area contributed by atoms with E-state index in [1.54, 1.807) is 13.2 Å². The van der Waals surface area contributed by atoms with Gasteiger partial charge in [-0.05, 0) is 17.7 Å². The molecule has 19 heavy (non-hydrogen) atoms. The average Bonchev–Trinajstić information content (AvgIpc) is 2.80. The van der Waals surface area contributed by atoms with E-state index in [4.69, 9.17) is 10.5 Å². The van der Waals surface area contributed by atoms with E-state index in [2.05, 4.69) is 4.90 Å². The Morgan fingerprint density at radius 2 is 2.32 bits per heavy atom. The molecule has 0 radical (unpaired) electrons. The molecule has 0 spiro atoms. The monoisotopic (exact) mass is 266 g/mol. The van der Waals surface area contributed by atoms with Crippen molar-refractivity contribution in [3.63, 3.8) is 0 Å². The highest BCUT2D eigenvalue weighted by Gasteiger charge is 2.37. The summed E-state index contributed by atoms with van der Waals surface area (Å²) in [6.07, 6.45) is 0. The van der Waals surface area contributed by atoms with Crippen molar-refractivity contribution >= 4 is 5.91 Å². The average molecular weight is 266 g/mol. The van der Waals surface area contributed by atoms with Crippen molar-refractivity contribution in [3.05, 3.63) is 35.6 Å². The van der Waals surface area contributed by atoms with Crippen LogP contribution in [0.4, 0.5) is 4.39 Å². The summed E-state index contributed by atoms with van der Waals surface area (Å²) < 4.78 is 18.3. The zero-order valence-corrected chi connectivity index (χ0v) is 11.0. The fourth-order valence-corrected chi connectivity index (χ4v) is 2.65.